The molecule has 4 aromatic rings. The number of fused-ring (bicyclic) bond motifs is 1. The molecule has 0 saturated carbocycles. The van der Waals surface area contributed by atoms with Gasteiger partial charge in [-0.05, 0) is 48.2 Å². The van der Waals surface area contributed by atoms with Crippen LogP contribution in [0, 0.1) is 0 Å². The molecule has 0 aliphatic heterocycles. The maximum atomic E-state index is 12.8. The van der Waals surface area contributed by atoms with Gasteiger partial charge >= 0.3 is 0 Å². The molecule has 8 heteroatoms. The van der Waals surface area contributed by atoms with Gasteiger partial charge < -0.3 is 10.1 Å². The van der Waals surface area contributed by atoms with E-state index in [-0.39, 0.29) is 11.5 Å². The van der Waals surface area contributed by atoms with Crippen molar-refractivity contribution in [3.63, 3.8) is 0 Å². The van der Waals surface area contributed by atoms with E-state index in [0.717, 1.165) is 11.3 Å². The number of thiophene rings is 1. The standard InChI is InChI=1S/C25H23N3O3S2/c1-3-14-28-24(30)21-13-15-32-23(21)27-25(28)33-17(2)22(29)26-19-9-11-20(12-10-19)31-16-18-7-5-4-6-8-18/h3-13,15,17H,1,14,16H2,2H3,(H,26,29). The zero-order valence-electron chi connectivity index (χ0n) is 18.1. The first-order valence-corrected chi connectivity index (χ1v) is 12.1. The highest BCUT2D eigenvalue weighted by molar-refractivity contribution is 8.00. The summed E-state index contributed by atoms with van der Waals surface area (Å²) in [6, 6.07) is 19.0. The molecule has 2 heterocycles. The van der Waals surface area contributed by atoms with Crippen molar-refractivity contribution in [2.24, 2.45) is 0 Å². The van der Waals surface area contributed by atoms with E-state index in [1.807, 2.05) is 47.8 Å². The number of nitrogens with zero attached hydrogens (tertiary/aromatic N) is 2. The first-order chi connectivity index (χ1) is 16.0. The predicted octanol–water partition coefficient (Wildman–Crippen LogP) is 5.34. The van der Waals surface area contributed by atoms with Crippen LogP contribution >= 0.6 is 23.1 Å². The van der Waals surface area contributed by atoms with Crippen LogP contribution in [-0.2, 0) is 17.9 Å². The molecule has 0 fully saturated rings. The van der Waals surface area contributed by atoms with Gasteiger partial charge in [-0.1, -0.05) is 48.2 Å². The van der Waals surface area contributed by atoms with Crippen LogP contribution in [0.25, 0.3) is 10.2 Å². The van der Waals surface area contributed by atoms with Gasteiger partial charge in [-0.15, -0.1) is 17.9 Å². The van der Waals surface area contributed by atoms with Gasteiger partial charge in [-0.3, -0.25) is 14.2 Å². The second-order valence-corrected chi connectivity index (χ2v) is 9.49. The lowest BCUT2D eigenvalue weighted by atomic mass is 10.2. The Balaban J connectivity index is 1.40. The van der Waals surface area contributed by atoms with Crippen LogP contribution in [0.3, 0.4) is 0 Å². The number of rotatable bonds is 9. The fourth-order valence-electron chi connectivity index (χ4n) is 3.14. The molecule has 168 valence electrons. The van der Waals surface area contributed by atoms with Crippen LogP contribution in [0.1, 0.15) is 12.5 Å². The van der Waals surface area contributed by atoms with Crippen LogP contribution in [0.5, 0.6) is 5.75 Å². The molecule has 0 aliphatic rings. The topological polar surface area (TPSA) is 73.2 Å². The van der Waals surface area contributed by atoms with E-state index < -0.39 is 5.25 Å². The van der Waals surface area contributed by atoms with Crippen molar-refractivity contribution in [3.05, 3.63) is 94.6 Å². The van der Waals surface area contributed by atoms with E-state index in [9.17, 15) is 9.59 Å². The molecular weight excluding hydrogens is 454 g/mol. The monoisotopic (exact) mass is 477 g/mol. The number of ether oxygens (including phenoxy) is 1. The summed E-state index contributed by atoms with van der Waals surface area (Å²) < 4.78 is 7.34. The van der Waals surface area contributed by atoms with Gasteiger partial charge in [-0.25, -0.2) is 4.98 Å². The average molecular weight is 478 g/mol. The Morgan fingerprint density at radius 2 is 1.97 bits per heavy atom. The molecular formula is C25H23N3O3S2. The first-order valence-electron chi connectivity index (χ1n) is 10.4. The lowest BCUT2D eigenvalue weighted by molar-refractivity contribution is -0.115. The normalized spacial score (nSPS) is 11.8. The Morgan fingerprint density at radius 3 is 2.70 bits per heavy atom. The van der Waals surface area contributed by atoms with Gasteiger partial charge in [0.15, 0.2) is 5.16 Å². The number of carbonyl (C=O) groups is 1. The third-order valence-electron chi connectivity index (χ3n) is 4.88. The summed E-state index contributed by atoms with van der Waals surface area (Å²) in [5.41, 5.74) is 1.64. The third kappa shape index (κ3) is 5.53. The number of thioether (sulfide) groups is 1. The summed E-state index contributed by atoms with van der Waals surface area (Å²) in [5, 5.41) is 5.38. The molecule has 1 amide bonds. The Labute approximate surface area is 199 Å². The van der Waals surface area contributed by atoms with Gasteiger partial charge in [0.1, 0.15) is 17.2 Å². The summed E-state index contributed by atoms with van der Waals surface area (Å²) in [5.74, 6) is 0.546. The summed E-state index contributed by atoms with van der Waals surface area (Å²) in [7, 11) is 0. The minimum absolute atomic E-state index is 0.123. The van der Waals surface area contributed by atoms with Crippen molar-refractivity contribution >= 4 is 44.9 Å². The molecule has 2 aromatic heterocycles. The van der Waals surface area contributed by atoms with Crippen LogP contribution in [0.15, 0.2) is 88.6 Å². The van der Waals surface area contributed by atoms with Crippen LogP contribution in [0.4, 0.5) is 5.69 Å². The molecule has 0 spiro atoms. The molecule has 6 nitrogen and oxygen atoms in total. The van der Waals surface area contributed by atoms with E-state index in [2.05, 4.69) is 16.9 Å². The van der Waals surface area contributed by atoms with Gasteiger partial charge in [0, 0.05) is 12.2 Å². The molecule has 1 atom stereocenters. The molecule has 1 N–H and O–H groups in total. The number of hydrogen-bond donors (Lipinski definition) is 1. The maximum absolute atomic E-state index is 12.8. The molecule has 0 aliphatic carbocycles. The van der Waals surface area contributed by atoms with Gasteiger partial charge in [0.2, 0.25) is 5.91 Å². The van der Waals surface area contributed by atoms with Crippen LogP contribution < -0.4 is 15.6 Å². The highest BCUT2D eigenvalue weighted by Gasteiger charge is 2.19. The summed E-state index contributed by atoms with van der Waals surface area (Å²) >= 11 is 2.66. The molecule has 0 saturated heterocycles. The number of hydrogen-bond acceptors (Lipinski definition) is 6. The van der Waals surface area contributed by atoms with Gasteiger partial charge in [-0.2, -0.15) is 0 Å². The van der Waals surface area contributed by atoms with Gasteiger partial charge in [0.05, 0.1) is 10.6 Å². The second-order valence-electron chi connectivity index (χ2n) is 7.29. The third-order valence-corrected chi connectivity index (χ3v) is 6.78. The van der Waals surface area contributed by atoms with E-state index in [1.54, 1.807) is 35.8 Å². The maximum Gasteiger partial charge on any atom is 0.263 e. The van der Waals surface area contributed by atoms with E-state index in [0.29, 0.717) is 34.2 Å². The minimum Gasteiger partial charge on any atom is -0.489 e. The lowest BCUT2D eigenvalue weighted by Gasteiger charge is -2.15. The SMILES string of the molecule is C=CCn1c(SC(C)C(=O)Nc2ccc(OCc3ccccc3)cc2)nc2sccc2c1=O. The average Bonchev–Trinajstić information content (AvgIpc) is 3.30. The highest BCUT2D eigenvalue weighted by atomic mass is 32.2. The van der Waals surface area contributed by atoms with Crippen molar-refractivity contribution in [3.8, 4) is 5.75 Å². The van der Waals surface area contributed by atoms with Crippen molar-refractivity contribution < 1.29 is 9.53 Å². The van der Waals surface area contributed by atoms with Crippen molar-refractivity contribution in [2.75, 3.05) is 5.32 Å². The number of amides is 1. The fourth-order valence-corrected chi connectivity index (χ4v) is 4.86. The second kappa shape index (κ2) is 10.5. The van der Waals surface area contributed by atoms with E-state index >= 15 is 0 Å². The smallest absolute Gasteiger partial charge is 0.263 e. The molecule has 0 radical (unpaired) electrons. The summed E-state index contributed by atoms with van der Waals surface area (Å²) in [4.78, 5) is 30.8. The molecule has 33 heavy (non-hydrogen) atoms. The summed E-state index contributed by atoms with van der Waals surface area (Å²) in [6.07, 6.45) is 1.65. The first kappa shape index (κ1) is 22.8. The Morgan fingerprint density at radius 1 is 1.21 bits per heavy atom. The Kier molecular flexibility index (Phi) is 7.26. The fraction of sp³-hybridized carbons (Fsp3) is 0.160. The number of aromatic nitrogens is 2. The zero-order chi connectivity index (χ0) is 23.2. The largest absolute Gasteiger partial charge is 0.489 e. The molecule has 1 unspecified atom stereocenters. The number of anilines is 1. The lowest BCUT2D eigenvalue weighted by Crippen LogP contribution is -2.26. The zero-order valence-corrected chi connectivity index (χ0v) is 19.7. The highest BCUT2D eigenvalue weighted by Crippen LogP contribution is 2.26. The van der Waals surface area contributed by atoms with Crippen molar-refractivity contribution in [2.45, 2.75) is 30.5 Å². The van der Waals surface area contributed by atoms with E-state index in [1.165, 1.54) is 23.1 Å². The molecule has 0 bridgehead atoms. The number of carbonyl (C=O) groups excluding carboxylic acids is 1. The van der Waals surface area contributed by atoms with Crippen LogP contribution in [0.2, 0.25) is 0 Å². The number of allylic oxidation sites excluding steroid dienone is 1. The Hall–Kier alpha value is -3.36. The Bertz CT molecular complexity index is 1310. The summed E-state index contributed by atoms with van der Waals surface area (Å²) in [6.45, 7) is 6.33. The van der Waals surface area contributed by atoms with Crippen LogP contribution in [-0.4, -0.2) is 20.7 Å². The molecule has 4 rings (SSSR count). The van der Waals surface area contributed by atoms with Crippen molar-refractivity contribution in [1.29, 1.82) is 0 Å². The van der Waals surface area contributed by atoms with E-state index in [4.69, 9.17) is 4.74 Å². The molecule has 2 aromatic carbocycles. The number of nitrogens with one attached hydrogen (secondary N) is 1. The predicted molar refractivity (Wildman–Crippen MR) is 135 cm³/mol. The van der Waals surface area contributed by atoms with Gasteiger partial charge in [0.25, 0.3) is 5.56 Å². The van der Waals surface area contributed by atoms with Crippen molar-refractivity contribution in [1.82, 2.24) is 9.55 Å². The number of benzene rings is 2. The minimum atomic E-state index is -0.459. The quantitative estimate of drug-likeness (QED) is 0.200.